The highest BCUT2D eigenvalue weighted by molar-refractivity contribution is 5.98. The second-order valence-electron chi connectivity index (χ2n) is 9.82. The average Bonchev–Trinajstić information content (AvgIpc) is 3.30. The minimum Gasteiger partial charge on any atom is -0.485 e. The molecule has 2 aromatic heterocycles. The Morgan fingerprint density at radius 1 is 1.05 bits per heavy atom. The van der Waals surface area contributed by atoms with Gasteiger partial charge in [-0.2, -0.15) is 10.4 Å². The molecule has 0 unspecified atom stereocenters. The first-order chi connectivity index (χ1) is 17.8. The highest BCUT2D eigenvalue weighted by atomic mass is 16.6. The number of hydrogen-bond donors (Lipinski definition) is 0. The Labute approximate surface area is 214 Å². The van der Waals surface area contributed by atoms with Gasteiger partial charge in [0.05, 0.1) is 53.6 Å². The summed E-state index contributed by atoms with van der Waals surface area (Å²) in [6, 6.07) is 12.4. The molecule has 37 heavy (non-hydrogen) atoms. The molecule has 9 nitrogen and oxygen atoms in total. The van der Waals surface area contributed by atoms with Gasteiger partial charge in [-0.1, -0.05) is 0 Å². The van der Waals surface area contributed by atoms with E-state index < -0.39 is 0 Å². The van der Waals surface area contributed by atoms with Crippen molar-refractivity contribution < 1.29 is 9.47 Å². The van der Waals surface area contributed by atoms with E-state index in [1.165, 1.54) is 0 Å². The maximum absolute atomic E-state index is 12.8. The molecule has 0 N–H and O–H groups in total. The van der Waals surface area contributed by atoms with E-state index in [2.05, 4.69) is 34.1 Å². The van der Waals surface area contributed by atoms with Gasteiger partial charge in [-0.3, -0.25) is 9.48 Å². The molecule has 0 radical (unpaired) electrons. The Balaban J connectivity index is 1.57. The van der Waals surface area contributed by atoms with Crippen LogP contribution in [-0.2, 0) is 18.8 Å². The van der Waals surface area contributed by atoms with Gasteiger partial charge < -0.3 is 23.8 Å². The number of aryl methyl sites for hydroxylation is 3. The topological polar surface area (TPSA) is 88.6 Å². The van der Waals surface area contributed by atoms with E-state index in [9.17, 15) is 10.1 Å². The van der Waals surface area contributed by atoms with Gasteiger partial charge in [0.1, 0.15) is 11.9 Å². The van der Waals surface area contributed by atoms with Gasteiger partial charge in [0.25, 0.3) is 5.56 Å². The SMILES string of the molecule is Cc1cc2c(N3CCN(C)c4cc(-c5cnn(C)c5)c(C#N)cc43)cc(OC3COC3)cc2n(C)c1=O. The third-order valence-corrected chi connectivity index (χ3v) is 7.29. The standard InChI is InChI=1S/C28H28N6O3/c1-17-7-23-24(33(4)28(17)35)9-20(37-21-15-36-16-21)10-25(23)34-6-5-31(2)26-11-22(18(12-29)8-27(26)34)19-13-30-32(3)14-19/h7-11,13-14,21H,5-6,15-16H2,1-4H3. The Morgan fingerprint density at radius 2 is 1.86 bits per heavy atom. The van der Waals surface area contributed by atoms with E-state index in [1.54, 1.807) is 22.5 Å². The number of fused-ring (bicyclic) bond motifs is 2. The van der Waals surface area contributed by atoms with Crippen LogP contribution >= 0.6 is 0 Å². The van der Waals surface area contributed by atoms with Crippen molar-refractivity contribution in [1.29, 1.82) is 5.26 Å². The number of likely N-dealkylation sites (N-methyl/N-ethyl adjacent to an activating group) is 1. The Morgan fingerprint density at radius 3 is 2.54 bits per heavy atom. The molecule has 0 aliphatic carbocycles. The first kappa shape index (κ1) is 23.1. The van der Waals surface area contributed by atoms with Crippen LogP contribution in [0.4, 0.5) is 17.1 Å². The summed E-state index contributed by atoms with van der Waals surface area (Å²) >= 11 is 0. The molecule has 1 saturated heterocycles. The molecule has 2 aromatic carbocycles. The van der Waals surface area contributed by atoms with Gasteiger partial charge in [0, 0.05) is 74.6 Å². The number of benzene rings is 2. The van der Waals surface area contributed by atoms with Gasteiger partial charge >= 0.3 is 0 Å². The molecule has 188 valence electrons. The molecular formula is C28H28N6O3. The van der Waals surface area contributed by atoms with E-state index in [4.69, 9.17) is 9.47 Å². The van der Waals surface area contributed by atoms with Gasteiger partial charge in [0.2, 0.25) is 0 Å². The summed E-state index contributed by atoms with van der Waals surface area (Å²) in [4.78, 5) is 17.3. The zero-order valence-electron chi connectivity index (χ0n) is 21.4. The van der Waals surface area contributed by atoms with Crippen LogP contribution in [0.25, 0.3) is 22.0 Å². The summed E-state index contributed by atoms with van der Waals surface area (Å²) in [6.45, 7) is 4.46. The molecule has 0 atom stereocenters. The summed E-state index contributed by atoms with van der Waals surface area (Å²) < 4.78 is 14.9. The molecule has 2 aliphatic heterocycles. The fraction of sp³-hybridized carbons (Fsp3) is 0.321. The Bertz CT molecular complexity index is 1640. The van der Waals surface area contributed by atoms with Crippen molar-refractivity contribution in [2.75, 3.05) is 43.2 Å². The third kappa shape index (κ3) is 3.81. The van der Waals surface area contributed by atoms with E-state index >= 15 is 0 Å². The van der Waals surface area contributed by atoms with Crippen molar-refractivity contribution >= 4 is 28.0 Å². The number of anilines is 3. The lowest BCUT2D eigenvalue weighted by molar-refractivity contribution is -0.0796. The summed E-state index contributed by atoms with van der Waals surface area (Å²) in [7, 11) is 5.73. The van der Waals surface area contributed by atoms with Crippen LogP contribution in [0.1, 0.15) is 11.1 Å². The van der Waals surface area contributed by atoms with Crippen LogP contribution in [0.5, 0.6) is 5.75 Å². The van der Waals surface area contributed by atoms with Gasteiger partial charge in [-0.05, 0) is 25.1 Å². The van der Waals surface area contributed by atoms with Crippen LogP contribution in [0.15, 0.2) is 47.5 Å². The number of aromatic nitrogens is 3. The van der Waals surface area contributed by atoms with Crippen molar-refractivity contribution in [1.82, 2.24) is 14.3 Å². The quantitative estimate of drug-likeness (QED) is 0.427. The van der Waals surface area contributed by atoms with Crippen molar-refractivity contribution in [2.45, 2.75) is 13.0 Å². The van der Waals surface area contributed by atoms with Crippen LogP contribution in [0.3, 0.4) is 0 Å². The number of nitriles is 1. The van der Waals surface area contributed by atoms with Crippen LogP contribution in [0, 0.1) is 18.3 Å². The van der Waals surface area contributed by atoms with Crippen molar-refractivity contribution in [2.24, 2.45) is 14.1 Å². The van der Waals surface area contributed by atoms with E-state index in [0.717, 1.165) is 45.6 Å². The molecule has 0 spiro atoms. The lowest BCUT2D eigenvalue weighted by Gasteiger charge is -2.38. The van der Waals surface area contributed by atoms with Crippen molar-refractivity contribution in [3.63, 3.8) is 0 Å². The minimum absolute atomic E-state index is 0.000200. The predicted molar refractivity (Wildman–Crippen MR) is 143 cm³/mol. The molecule has 4 heterocycles. The first-order valence-electron chi connectivity index (χ1n) is 12.3. The fourth-order valence-corrected chi connectivity index (χ4v) is 5.17. The smallest absolute Gasteiger partial charge is 0.253 e. The fourth-order valence-electron chi connectivity index (χ4n) is 5.17. The lowest BCUT2D eigenvalue weighted by Crippen LogP contribution is -2.39. The summed E-state index contributed by atoms with van der Waals surface area (Å²) in [5.41, 5.74) is 6.70. The highest BCUT2D eigenvalue weighted by Crippen LogP contribution is 2.44. The number of hydrogen-bond acceptors (Lipinski definition) is 7. The predicted octanol–water partition coefficient (Wildman–Crippen LogP) is 3.48. The third-order valence-electron chi connectivity index (χ3n) is 7.29. The zero-order chi connectivity index (χ0) is 25.8. The second-order valence-corrected chi connectivity index (χ2v) is 9.82. The van der Waals surface area contributed by atoms with Gasteiger partial charge in [-0.25, -0.2) is 0 Å². The maximum Gasteiger partial charge on any atom is 0.253 e. The van der Waals surface area contributed by atoms with Gasteiger partial charge in [-0.15, -0.1) is 0 Å². The molecule has 1 fully saturated rings. The van der Waals surface area contributed by atoms with Crippen molar-refractivity contribution in [3.05, 3.63) is 64.2 Å². The molecule has 0 amide bonds. The summed E-state index contributed by atoms with van der Waals surface area (Å²) in [5.74, 6) is 0.697. The van der Waals surface area contributed by atoms with Crippen LogP contribution in [0.2, 0.25) is 0 Å². The molecule has 9 heteroatoms. The number of pyridine rings is 1. The average molecular weight is 497 g/mol. The van der Waals surface area contributed by atoms with E-state index in [1.807, 2.05) is 44.4 Å². The first-order valence-corrected chi connectivity index (χ1v) is 12.3. The number of nitrogens with zero attached hydrogens (tertiary/aromatic N) is 6. The molecule has 2 aliphatic rings. The van der Waals surface area contributed by atoms with Gasteiger partial charge in [0.15, 0.2) is 0 Å². The molecule has 0 saturated carbocycles. The van der Waals surface area contributed by atoms with E-state index in [0.29, 0.717) is 36.6 Å². The number of ether oxygens (including phenoxy) is 2. The largest absolute Gasteiger partial charge is 0.485 e. The number of rotatable bonds is 4. The van der Waals surface area contributed by atoms with Crippen LogP contribution < -0.4 is 20.1 Å². The zero-order valence-corrected chi connectivity index (χ0v) is 21.4. The summed E-state index contributed by atoms with van der Waals surface area (Å²) in [6.07, 6.45) is 3.70. The monoisotopic (exact) mass is 496 g/mol. The molecule has 0 bridgehead atoms. The molecule has 4 aromatic rings. The van der Waals surface area contributed by atoms with Crippen LogP contribution in [-0.4, -0.2) is 53.8 Å². The highest BCUT2D eigenvalue weighted by Gasteiger charge is 2.28. The Kier molecular flexibility index (Phi) is 5.42. The lowest BCUT2D eigenvalue weighted by atomic mass is 9.98. The molecular weight excluding hydrogens is 468 g/mol. The van der Waals surface area contributed by atoms with Crippen molar-refractivity contribution in [3.8, 4) is 22.9 Å². The van der Waals surface area contributed by atoms with E-state index in [-0.39, 0.29) is 11.7 Å². The minimum atomic E-state index is -0.0331. The normalized spacial score (nSPS) is 15.4. The second kappa shape index (κ2) is 8.68. The Hall–Kier alpha value is -4.29. The molecule has 6 rings (SSSR count). The maximum atomic E-state index is 12.8. The summed E-state index contributed by atoms with van der Waals surface area (Å²) in [5, 5.41) is 15.3.